The summed E-state index contributed by atoms with van der Waals surface area (Å²) in [7, 11) is 4.19. The summed E-state index contributed by atoms with van der Waals surface area (Å²) in [6.45, 7) is 0. The zero-order valence-electron chi connectivity index (χ0n) is 15.8. The van der Waals surface area contributed by atoms with Crippen LogP contribution >= 0.6 is 0 Å². The highest BCUT2D eigenvalue weighted by Gasteiger charge is 2.14. The molecule has 0 saturated heterocycles. The molecular formula is C26H23N. The Balaban J connectivity index is 1.95. The van der Waals surface area contributed by atoms with E-state index in [1.54, 1.807) is 0 Å². The second kappa shape index (κ2) is 7.51. The largest absolute Gasteiger partial charge is 0.377 e. The summed E-state index contributed by atoms with van der Waals surface area (Å²) in [6.07, 6.45) is 0. The van der Waals surface area contributed by atoms with Crippen molar-refractivity contribution >= 4 is 5.69 Å². The van der Waals surface area contributed by atoms with Crippen molar-refractivity contribution in [3.05, 3.63) is 103 Å². The van der Waals surface area contributed by atoms with Crippen molar-refractivity contribution in [3.63, 3.8) is 0 Å². The van der Waals surface area contributed by atoms with Crippen LogP contribution in [0.1, 0.15) is 0 Å². The fourth-order valence-electron chi connectivity index (χ4n) is 3.63. The van der Waals surface area contributed by atoms with E-state index < -0.39 is 0 Å². The Morgan fingerprint density at radius 2 is 0.815 bits per heavy atom. The van der Waals surface area contributed by atoms with E-state index in [-0.39, 0.29) is 0 Å². The van der Waals surface area contributed by atoms with E-state index in [1.165, 1.54) is 39.1 Å². The fourth-order valence-corrected chi connectivity index (χ4v) is 3.63. The quantitative estimate of drug-likeness (QED) is 0.394. The molecule has 0 amide bonds. The van der Waals surface area contributed by atoms with Gasteiger partial charge in [-0.2, -0.15) is 0 Å². The molecule has 4 aromatic carbocycles. The fraction of sp³-hybridized carbons (Fsp3) is 0.0769. The van der Waals surface area contributed by atoms with Gasteiger partial charge in [-0.15, -0.1) is 0 Å². The first-order chi connectivity index (χ1) is 13.3. The summed E-state index contributed by atoms with van der Waals surface area (Å²) < 4.78 is 0. The van der Waals surface area contributed by atoms with Crippen LogP contribution < -0.4 is 4.90 Å². The molecule has 1 heteroatoms. The highest BCUT2D eigenvalue weighted by molar-refractivity contribution is 5.94. The standard InChI is InChI=1S/C26H23N/c1-27(2)26-19-11-10-18-25(26)24-17-9-8-16-23(24)22-15-7-6-14-21(22)20-12-4-3-5-13-20/h3-19H,1-2H3. The van der Waals surface area contributed by atoms with Crippen molar-refractivity contribution in [2.75, 3.05) is 19.0 Å². The van der Waals surface area contributed by atoms with Gasteiger partial charge in [0.1, 0.15) is 0 Å². The molecule has 4 aromatic rings. The Labute approximate surface area is 161 Å². The van der Waals surface area contributed by atoms with Crippen LogP contribution in [-0.4, -0.2) is 14.1 Å². The van der Waals surface area contributed by atoms with Crippen molar-refractivity contribution in [2.24, 2.45) is 0 Å². The van der Waals surface area contributed by atoms with Crippen molar-refractivity contribution < 1.29 is 0 Å². The predicted molar refractivity (Wildman–Crippen MR) is 117 cm³/mol. The molecule has 0 fully saturated rings. The number of benzene rings is 4. The van der Waals surface area contributed by atoms with Crippen LogP contribution in [0.15, 0.2) is 103 Å². The van der Waals surface area contributed by atoms with Crippen LogP contribution in [0.4, 0.5) is 5.69 Å². The highest BCUT2D eigenvalue weighted by atomic mass is 15.1. The van der Waals surface area contributed by atoms with Gasteiger partial charge in [0.25, 0.3) is 0 Å². The first-order valence-electron chi connectivity index (χ1n) is 9.26. The Hall–Kier alpha value is -3.32. The predicted octanol–water partition coefficient (Wildman–Crippen LogP) is 6.75. The Kier molecular flexibility index (Phi) is 4.76. The van der Waals surface area contributed by atoms with Crippen molar-refractivity contribution in [2.45, 2.75) is 0 Å². The smallest absolute Gasteiger partial charge is 0.0440 e. The molecule has 0 atom stereocenters. The zero-order chi connectivity index (χ0) is 18.6. The van der Waals surface area contributed by atoms with Gasteiger partial charge in [-0.3, -0.25) is 0 Å². The highest BCUT2D eigenvalue weighted by Crippen LogP contribution is 2.40. The number of anilines is 1. The van der Waals surface area contributed by atoms with Gasteiger partial charge >= 0.3 is 0 Å². The van der Waals surface area contributed by atoms with Crippen molar-refractivity contribution in [1.29, 1.82) is 0 Å². The zero-order valence-corrected chi connectivity index (χ0v) is 15.8. The van der Waals surface area contributed by atoms with Crippen LogP contribution in [-0.2, 0) is 0 Å². The number of rotatable bonds is 4. The van der Waals surface area contributed by atoms with Crippen LogP contribution in [0.2, 0.25) is 0 Å². The lowest BCUT2D eigenvalue weighted by Gasteiger charge is -2.20. The lowest BCUT2D eigenvalue weighted by molar-refractivity contribution is 1.13. The molecule has 0 aliphatic carbocycles. The lowest BCUT2D eigenvalue weighted by atomic mass is 9.89. The number of para-hydroxylation sites is 1. The summed E-state index contributed by atoms with van der Waals surface area (Å²) in [5.41, 5.74) is 8.74. The Morgan fingerprint density at radius 3 is 1.41 bits per heavy atom. The molecule has 132 valence electrons. The number of hydrogen-bond donors (Lipinski definition) is 0. The maximum atomic E-state index is 2.23. The second-order valence-corrected chi connectivity index (χ2v) is 6.87. The SMILES string of the molecule is CN(C)c1ccccc1-c1ccccc1-c1ccccc1-c1ccccc1. The number of nitrogens with zero attached hydrogens (tertiary/aromatic N) is 1. The van der Waals surface area contributed by atoms with E-state index in [4.69, 9.17) is 0 Å². The molecular weight excluding hydrogens is 326 g/mol. The van der Waals surface area contributed by atoms with Gasteiger partial charge in [0.2, 0.25) is 0 Å². The first kappa shape index (κ1) is 17.1. The third-order valence-electron chi connectivity index (χ3n) is 4.91. The summed E-state index contributed by atoms with van der Waals surface area (Å²) in [4.78, 5) is 2.18. The third kappa shape index (κ3) is 3.37. The molecule has 0 aromatic heterocycles. The van der Waals surface area contributed by atoms with Gasteiger partial charge in [0, 0.05) is 25.3 Å². The van der Waals surface area contributed by atoms with Crippen LogP contribution in [0.5, 0.6) is 0 Å². The molecule has 0 aliphatic heterocycles. The molecule has 0 unspecified atom stereocenters. The summed E-state index contributed by atoms with van der Waals surface area (Å²) in [5.74, 6) is 0. The summed E-state index contributed by atoms with van der Waals surface area (Å²) >= 11 is 0. The summed E-state index contributed by atoms with van der Waals surface area (Å²) in [5, 5.41) is 0. The van der Waals surface area contributed by atoms with Crippen LogP contribution in [0.3, 0.4) is 0 Å². The van der Waals surface area contributed by atoms with Crippen LogP contribution in [0, 0.1) is 0 Å². The molecule has 0 radical (unpaired) electrons. The minimum absolute atomic E-state index is 1.22. The van der Waals surface area contributed by atoms with Gasteiger partial charge in [0.05, 0.1) is 0 Å². The third-order valence-corrected chi connectivity index (χ3v) is 4.91. The van der Waals surface area contributed by atoms with E-state index >= 15 is 0 Å². The Bertz CT molecular complexity index is 1050. The van der Waals surface area contributed by atoms with E-state index in [0.717, 1.165) is 0 Å². The summed E-state index contributed by atoms with van der Waals surface area (Å²) in [6, 6.07) is 36.6. The molecule has 0 heterocycles. The van der Waals surface area contributed by atoms with Gasteiger partial charge in [-0.1, -0.05) is 97.1 Å². The molecule has 1 nitrogen and oxygen atoms in total. The lowest BCUT2D eigenvalue weighted by Crippen LogP contribution is -2.09. The molecule has 0 aliphatic rings. The number of hydrogen-bond acceptors (Lipinski definition) is 1. The normalized spacial score (nSPS) is 10.6. The van der Waals surface area contributed by atoms with Crippen LogP contribution in [0.25, 0.3) is 33.4 Å². The van der Waals surface area contributed by atoms with Gasteiger partial charge < -0.3 is 4.90 Å². The minimum Gasteiger partial charge on any atom is -0.377 e. The molecule has 4 rings (SSSR count). The Morgan fingerprint density at radius 1 is 0.407 bits per heavy atom. The maximum absolute atomic E-state index is 2.23. The molecule has 27 heavy (non-hydrogen) atoms. The monoisotopic (exact) mass is 349 g/mol. The molecule has 0 bridgehead atoms. The average molecular weight is 349 g/mol. The van der Waals surface area contributed by atoms with Crippen molar-refractivity contribution in [3.8, 4) is 33.4 Å². The molecule has 0 saturated carbocycles. The average Bonchev–Trinajstić information content (AvgIpc) is 2.74. The molecule has 0 spiro atoms. The first-order valence-corrected chi connectivity index (χ1v) is 9.26. The minimum atomic E-state index is 1.22. The maximum Gasteiger partial charge on any atom is 0.0440 e. The van der Waals surface area contributed by atoms with Gasteiger partial charge in [0.15, 0.2) is 0 Å². The van der Waals surface area contributed by atoms with Gasteiger partial charge in [-0.25, -0.2) is 0 Å². The topological polar surface area (TPSA) is 3.24 Å². The van der Waals surface area contributed by atoms with Crippen molar-refractivity contribution in [1.82, 2.24) is 0 Å². The van der Waals surface area contributed by atoms with Gasteiger partial charge in [-0.05, 0) is 33.9 Å². The second-order valence-electron chi connectivity index (χ2n) is 6.87. The van der Waals surface area contributed by atoms with E-state index in [2.05, 4.69) is 122 Å². The van der Waals surface area contributed by atoms with E-state index in [1.807, 2.05) is 0 Å². The van der Waals surface area contributed by atoms with E-state index in [0.29, 0.717) is 0 Å². The molecule has 0 N–H and O–H groups in total. The van der Waals surface area contributed by atoms with E-state index in [9.17, 15) is 0 Å².